The molecule has 7 heteroatoms. The predicted molar refractivity (Wildman–Crippen MR) is 76.5 cm³/mol. The zero-order valence-corrected chi connectivity index (χ0v) is 11.9. The number of aromatic amines is 1. The van der Waals surface area contributed by atoms with Crippen LogP contribution in [0.3, 0.4) is 0 Å². The number of rotatable bonds is 6. The SMILES string of the molecule is CCOCCOc1ccc(-c2ncnc(=O)[nH]2)c(O)c1C. The van der Waals surface area contributed by atoms with Crippen molar-refractivity contribution in [2.24, 2.45) is 0 Å². The molecule has 0 bridgehead atoms. The molecule has 2 N–H and O–H groups in total. The summed E-state index contributed by atoms with van der Waals surface area (Å²) in [5, 5.41) is 10.2. The molecule has 0 aliphatic rings. The molecule has 1 aromatic carbocycles. The molecule has 112 valence electrons. The molecule has 0 amide bonds. The Morgan fingerprint density at radius 1 is 1.29 bits per heavy atom. The molecular weight excluding hydrogens is 274 g/mol. The molecular formula is C14H17N3O4. The second-order valence-corrected chi connectivity index (χ2v) is 4.28. The molecule has 0 saturated carbocycles. The minimum Gasteiger partial charge on any atom is -0.507 e. The molecule has 2 rings (SSSR count). The van der Waals surface area contributed by atoms with Gasteiger partial charge in [-0.05, 0) is 26.0 Å². The van der Waals surface area contributed by atoms with Crippen LogP contribution >= 0.6 is 0 Å². The van der Waals surface area contributed by atoms with Crippen LogP contribution in [0.15, 0.2) is 23.3 Å². The summed E-state index contributed by atoms with van der Waals surface area (Å²) in [5.74, 6) is 0.835. The Morgan fingerprint density at radius 2 is 2.10 bits per heavy atom. The van der Waals surface area contributed by atoms with Crippen molar-refractivity contribution in [2.75, 3.05) is 19.8 Å². The van der Waals surface area contributed by atoms with E-state index in [9.17, 15) is 9.90 Å². The maximum Gasteiger partial charge on any atom is 0.348 e. The topological polar surface area (TPSA) is 97.3 Å². The van der Waals surface area contributed by atoms with Crippen LogP contribution in [0.2, 0.25) is 0 Å². The van der Waals surface area contributed by atoms with E-state index in [0.29, 0.717) is 36.7 Å². The van der Waals surface area contributed by atoms with E-state index in [-0.39, 0.29) is 11.6 Å². The molecule has 0 saturated heterocycles. The number of hydrogen-bond acceptors (Lipinski definition) is 6. The lowest BCUT2D eigenvalue weighted by Gasteiger charge is -2.12. The lowest BCUT2D eigenvalue weighted by atomic mass is 10.1. The number of nitrogens with zero attached hydrogens (tertiary/aromatic N) is 2. The number of aromatic nitrogens is 3. The Morgan fingerprint density at radius 3 is 2.81 bits per heavy atom. The Labute approximate surface area is 121 Å². The average Bonchev–Trinajstić information content (AvgIpc) is 2.48. The van der Waals surface area contributed by atoms with Crippen molar-refractivity contribution < 1.29 is 14.6 Å². The highest BCUT2D eigenvalue weighted by molar-refractivity contribution is 5.68. The van der Waals surface area contributed by atoms with Crippen LogP contribution in [0.25, 0.3) is 11.4 Å². The summed E-state index contributed by atoms with van der Waals surface area (Å²) in [5.41, 5.74) is 0.474. The maximum atomic E-state index is 11.2. The van der Waals surface area contributed by atoms with Crippen LogP contribution in [0, 0.1) is 6.92 Å². The summed E-state index contributed by atoms with van der Waals surface area (Å²) >= 11 is 0. The van der Waals surface area contributed by atoms with Crippen molar-refractivity contribution >= 4 is 0 Å². The lowest BCUT2D eigenvalue weighted by Crippen LogP contribution is -2.11. The van der Waals surface area contributed by atoms with E-state index in [2.05, 4.69) is 15.0 Å². The number of ether oxygens (including phenoxy) is 2. The average molecular weight is 291 g/mol. The normalized spacial score (nSPS) is 10.6. The van der Waals surface area contributed by atoms with Gasteiger partial charge in [0.2, 0.25) is 0 Å². The molecule has 1 aromatic heterocycles. The van der Waals surface area contributed by atoms with Crippen molar-refractivity contribution in [3.8, 4) is 22.9 Å². The fourth-order valence-electron chi connectivity index (χ4n) is 1.83. The zero-order valence-electron chi connectivity index (χ0n) is 11.9. The monoisotopic (exact) mass is 291 g/mol. The smallest absolute Gasteiger partial charge is 0.348 e. The van der Waals surface area contributed by atoms with Gasteiger partial charge in [0.1, 0.15) is 30.3 Å². The molecule has 0 fully saturated rings. The highest BCUT2D eigenvalue weighted by Gasteiger charge is 2.13. The minimum atomic E-state index is -0.519. The lowest BCUT2D eigenvalue weighted by molar-refractivity contribution is 0.110. The van der Waals surface area contributed by atoms with Crippen LogP contribution in [-0.4, -0.2) is 39.9 Å². The van der Waals surface area contributed by atoms with Gasteiger partial charge < -0.3 is 14.6 Å². The Bertz CT molecular complexity index is 670. The first-order chi connectivity index (χ1) is 10.1. The number of nitrogens with one attached hydrogen (secondary N) is 1. The highest BCUT2D eigenvalue weighted by atomic mass is 16.5. The Balaban J connectivity index is 2.23. The van der Waals surface area contributed by atoms with Crippen molar-refractivity contribution in [1.29, 1.82) is 0 Å². The molecule has 7 nitrogen and oxygen atoms in total. The summed E-state index contributed by atoms with van der Waals surface area (Å²) in [6, 6.07) is 3.35. The van der Waals surface area contributed by atoms with Gasteiger partial charge in [0.15, 0.2) is 0 Å². The first kappa shape index (κ1) is 15.0. The van der Waals surface area contributed by atoms with E-state index in [1.165, 1.54) is 0 Å². The standard InChI is InChI=1S/C14H17N3O4/c1-3-20-6-7-21-11-5-4-10(12(18)9(11)2)13-15-8-16-14(19)17-13/h4-5,8,18H,3,6-7H2,1-2H3,(H,15,16,17,19). The zero-order chi connectivity index (χ0) is 15.2. The van der Waals surface area contributed by atoms with Gasteiger partial charge in [-0.2, -0.15) is 4.98 Å². The van der Waals surface area contributed by atoms with E-state index in [4.69, 9.17) is 9.47 Å². The molecule has 0 aliphatic carbocycles. The van der Waals surface area contributed by atoms with Gasteiger partial charge in [-0.15, -0.1) is 0 Å². The fraction of sp³-hybridized carbons (Fsp3) is 0.357. The number of aromatic hydroxyl groups is 1. The van der Waals surface area contributed by atoms with Gasteiger partial charge in [-0.3, -0.25) is 4.98 Å². The first-order valence-corrected chi connectivity index (χ1v) is 6.58. The number of hydrogen-bond donors (Lipinski definition) is 2. The third kappa shape index (κ3) is 3.57. The van der Waals surface area contributed by atoms with Crippen LogP contribution in [0.1, 0.15) is 12.5 Å². The number of phenols is 1. The van der Waals surface area contributed by atoms with Gasteiger partial charge in [-0.25, -0.2) is 9.78 Å². The summed E-state index contributed by atoms with van der Waals surface area (Å²) in [4.78, 5) is 21.1. The number of benzene rings is 1. The summed E-state index contributed by atoms with van der Waals surface area (Å²) in [7, 11) is 0. The Hall–Kier alpha value is -2.41. The molecule has 0 aliphatic heterocycles. The van der Waals surface area contributed by atoms with E-state index >= 15 is 0 Å². The predicted octanol–water partition coefficient (Wildman–Crippen LogP) is 1.26. The molecule has 0 radical (unpaired) electrons. The minimum absolute atomic E-state index is 0.0123. The summed E-state index contributed by atoms with van der Waals surface area (Å²) in [6.45, 7) is 5.16. The second-order valence-electron chi connectivity index (χ2n) is 4.28. The molecule has 0 atom stereocenters. The van der Waals surface area contributed by atoms with Crippen molar-refractivity contribution in [3.63, 3.8) is 0 Å². The second kappa shape index (κ2) is 6.85. The van der Waals surface area contributed by atoms with Gasteiger partial charge in [0.05, 0.1) is 12.2 Å². The van der Waals surface area contributed by atoms with Crippen LogP contribution in [-0.2, 0) is 4.74 Å². The van der Waals surface area contributed by atoms with Crippen LogP contribution < -0.4 is 10.4 Å². The molecule has 0 spiro atoms. The number of H-pyrrole nitrogens is 1. The van der Waals surface area contributed by atoms with E-state index in [1.807, 2.05) is 6.92 Å². The first-order valence-electron chi connectivity index (χ1n) is 6.58. The van der Waals surface area contributed by atoms with Crippen molar-refractivity contribution in [2.45, 2.75) is 13.8 Å². The van der Waals surface area contributed by atoms with Gasteiger partial charge in [-0.1, -0.05) is 0 Å². The summed E-state index contributed by atoms with van der Waals surface area (Å²) < 4.78 is 10.7. The van der Waals surface area contributed by atoms with E-state index < -0.39 is 5.69 Å². The largest absolute Gasteiger partial charge is 0.507 e. The quantitative estimate of drug-likeness (QED) is 0.778. The fourth-order valence-corrected chi connectivity index (χ4v) is 1.83. The molecule has 21 heavy (non-hydrogen) atoms. The van der Waals surface area contributed by atoms with Gasteiger partial charge >= 0.3 is 5.69 Å². The Kier molecular flexibility index (Phi) is 4.89. The van der Waals surface area contributed by atoms with Crippen LogP contribution in [0.4, 0.5) is 0 Å². The summed E-state index contributed by atoms with van der Waals surface area (Å²) in [6.07, 6.45) is 1.15. The maximum absolute atomic E-state index is 11.2. The third-order valence-electron chi connectivity index (χ3n) is 2.91. The third-order valence-corrected chi connectivity index (χ3v) is 2.91. The highest BCUT2D eigenvalue weighted by Crippen LogP contribution is 2.35. The van der Waals surface area contributed by atoms with Crippen molar-refractivity contribution in [3.05, 3.63) is 34.5 Å². The van der Waals surface area contributed by atoms with Crippen molar-refractivity contribution in [1.82, 2.24) is 15.0 Å². The van der Waals surface area contributed by atoms with Crippen LogP contribution in [0.5, 0.6) is 11.5 Å². The molecule has 1 heterocycles. The van der Waals surface area contributed by atoms with Gasteiger partial charge in [0, 0.05) is 12.2 Å². The van der Waals surface area contributed by atoms with E-state index in [1.54, 1.807) is 19.1 Å². The van der Waals surface area contributed by atoms with Gasteiger partial charge in [0.25, 0.3) is 0 Å². The van der Waals surface area contributed by atoms with E-state index in [0.717, 1.165) is 6.33 Å². The molecule has 0 unspecified atom stereocenters. The molecule has 2 aromatic rings. The number of phenolic OH excluding ortho intramolecular Hbond substituents is 1.